The molecule has 138 valence electrons. The normalized spacial score (nSPS) is 18.7. The number of hydrogen-bond acceptors (Lipinski definition) is 2. The molecule has 0 aromatic heterocycles. The number of carbonyl (C=O) groups is 2. The zero-order valence-electron chi connectivity index (χ0n) is 14.4. The van der Waals surface area contributed by atoms with E-state index in [2.05, 4.69) is 5.32 Å². The molecule has 1 N–H and O–H groups in total. The van der Waals surface area contributed by atoms with Gasteiger partial charge in [0.15, 0.2) is 0 Å². The Balaban J connectivity index is 2.00. The number of urea groups is 1. The lowest BCUT2D eigenvalue weighted by molar-refractivity contribution is -0.139. The number of alkyl halides is 3. The summed E-state index contributed by atoms with van der Waals surface area (Å²) in [6.45, 7) is 7.15. The molecule has 25 heavy (non-hydrogen) atoms. The standard InChI is InChI=1S/C17H22F3N3O2/c1-11(2)10-22-8-9-23(12(3)15(22)24)16(25)21-14-6-4-13(5-7-14)17(18,19)20/h4-7,11-12H,8-10H2,1-3H3,(H,21,25). The van der Waals surface area contributed by atoms with Crippen LogP contribution in [0.4, 0.5) is 23.7 Å². The summed E-state index contributed by atoms with van der Waals surface area (Å²) in [5.74, 6) is 0.214. The number of hydrogen-bond donors (Lipinski definition) is 1. The van der Waals surface area contributed by atoms with Crippen LogP contribution >= 0.6 is 0 Å². The molecule has 5 nitrogen and oxygen atoms in total. The molecule has 1 aliphatic rings. The molecule has 0 radical (unpaired) electrons. The van der Waals surface area contributed by atoms with Crippen LogP contribution in [-0.2, 0) is 11.0 Å². The molecule has 1 heterocycles. The number of carbonyl (C=O) groups excluding carboxylic acids is 2. The number of halogens is 3. The summed E-state index contributed by atoms with van der Waals surface area (Å²) in [5, 5.41) is 2.55. The third kappa shape index (κ3) is 4.64. The molecule has 1 atom stereocenters. The second-order valence-electron chi connectivity index (χ2n) is 6.55. The van der Waals surface area contributed by atoms with Crippen molar-refractivity contribution in [3.63, 3.8) is 0 Å². The van der Waals surface area contributed by atoms with Gasteiger partial charge in [0, 0.05) is 25.3 Å². The van der Waals surface area contributed by atoms with Gasteiger partial charge in [-0.05, 0) is 37.1 Å². The molecule has 8 heteroatoms. The number of amides is 3. The van der Waals surface area contributed by atoms with Gasteiger partial charge in [0.05, 0.1) is 5.56 Å². The van der Waals surface area contributed by atoms with Crippen molar-refractivity contribution >= 4 is 17.6 Å². The summed E-state index contributed by atoms with van der Waals surface area (Å²) in [6.07, 6.45) is -4.42. The first-order valence-corrected chi connectivity index (χ1v) is 8.13. The monoisotopic (exact) mass is 357 g/mol. The van der Waals surface area contributed by atoms with Crippen molar-refractivity contribution in [3.05, 3.63) is 29.8 Å². The van der Waals surface area contributed by atoms with E-state index in [9.17, 15) is 22.8 Å². The Kier molecular flexibility index (Phi) is 5.59. The SMILES string of the molecule is CC(C)CN1CCN(C(=O)Nc2ccc(C(F)(F)F)cc2)C(C)C1=O. The van der Waals surface area contributed by atoms with Crippen LogP contribution < -0.4 is 5.32 Å². The van der Waals surface area contributed by atoms with E-state index in [4.69, 9.17) is 0 Å². The molecular weight excluding hydrogens is 335 g/mol. The Morgan fingerprint density at radius 2 is 1.84 bits per heavy atom. The zero-order valence-corrected chi connectivity index (χ0v) is 14.4. The molecule has 3 amide bonds. The van der Waals surface area contributed by atoms with Crippen molar-refractivity contribution in [2.75, 3.05) is 25.0 Å². The van der Waals surface area contributed by atoms with Crippen LogP contribution in [0.2, 0.25) is 0 Å². The van der Waals surface area contributed by atoms with Crippen molar-refractivity contribution in [2.45, 2.75) is 33.0 Å². The van der Waals surface area contributed by atoms with Crippen molar-refractivity contribution in [1.29, 1.82) is 0 Å². The minimum atomic E-state index is -4.42. The number of piperazine rings is 1. The van der Waals surface area contributed by atoms with E-state index in [-0.39, 0.29) is 11.6 Å². The molecule has 0 aliphatic carbocycles. The highest BCUT2D eigenvalue weighted by atomic mass is 19.4. The van der Waals surface area contributed by atoms with E-state index >= 15 is 0 Å². The van der Waals surface area contributed by atoms with Gasteiger partial charge in [-0.1, -0.05) is 13.8 Å². The topological polar surface area (TPSA) is 52.6 Å². The van der Waals surface area contributed by atoms with Crippen molar-refractivity contribution < 1.29 is 22.8 Å². The number of nitrogens with zero attached hydrogens (tertiary/aromatic N) is 2. The Hall–Kier alpha value is -2.25. The Bertz CT molecular complexity index is 629. The molecule has 0 bridgehead atoms. The predicted molar refractivity (Wildman–Crippen MR) is 88.0 cm³/mol. The molecule has 1 unspecified atom stereocenters. The first-order valence-electron chi connectivity index (χ1n) is 8.13. The first-order chi connectivity index (χ1) is 11.6. The number of nitrogens with one attached hydrogen (secondary N) is 1. The van der Waals surface area contributed by atoms with Crippen LogP contribution in [0.3, 0.4) is 0 Å². The molecular formula is C17H22F3N3O2. The van der Waals surface area contributed by atoms with Gasteiger partial charge in [0.2, 0.25) is 5.91 Å². The molecule has 2 rings (SSSR count). The van der Waals surface area contributed by atoms with E-state index in [0.717, 1.165) is 12.1 Å². The fourth-order valence-corrected chi connectivity index (χ4v) is 2.77. The van der Waals surface area contributed by atoms with Crippen molar-refractivity contribution in [3.8, 4) is 0 Å². The maximum absolute atomic E-state index is 12.6. The lowest BCUT2D eigenvalue weighted by Gasteiger charge is -2.39. The van der Waals surface area contributed by atoms with Crippen LogP contribution in [0.5, 0.6) is 0 Å². The van der Waals surface area contributed by atoms with Gasteiger partial charge in [-0.3, -0.25) is 4.79 Å². The fourth-order valence-electron chi connectivity index (χ4n) is 2.77. The summed E-state index contributed by atoms with van der Waals surface area (Å²) >= 11 is 0. The van der Waals surface area contributed by atoms with Gasteiger partial charge in [-0.25, -0.2) is 4.79 Å². The molecule has 1 aliphatic heterocycles. The summed E-state index contributed by atoms with van der Waals surface area (Å²) < 4.78 is 37.7. The summed E-state index contributed by atoms with van der Waals surface area (Å²) in [6, 6.07) is 3.10. The molecule has 1 saturated heterocycles. The first kappa shape index (κ1) is 19.1. The Morgan fingerprint density at radius 1 is 1.24 bits per heavy atom. The highest BCUT2D eigenvalue weighted by molar-refractivity contribution is 5.94. The average Bonchev–Trinajstić information content (AvgIpc) is 2.51. The Morgan fingerprint density at radius 3 is 2.36 bits per heavy atom. The van der Waals surface area contributed by atoms with E-state index in [1.807, 2.05) is 13.8 Å². The molecule has 1 aromatic carbocycles. The van der Waals surface area contributed by atoms with E-state index in [1.165, 1.54) is 17.0 Å². The number of rotatable bonds is 3. The molecule has 1 fully saturated rings. The van der Waals surface area contributed by atoms with E-state index in [0.29, 0.717) is 25.6 Å². The molecule has 0 saturated carbocycles. The van der Waals surface area contributed by atoms with Crippen LogP contribution in [0, 0.1) is 5.92 Å². The average molecular weight is 357 g/mol. The zero-order chi connectivity index (χ0) is 18.8. The number of anilines is 1. The predicted octanol–water partition coefficient (Wildman–Crippen LogP) is 3.43. The third-order valence-corrected chi connectivity index (χ3v) is 4.06. The van der Waals surface area contributed by atoms with Crippen molar-refractivity contribution in [2.24, 2.45) is 5.92 Å². The van der Waals surface area contributed by atoms with Gasteiger partial charge in [-0.15, -0.1) is 0 Å². The summed E-state index contributed by atoms with van der Waals surface area (Å²) in [5.41, 5.74) is -0.529. The largest absolute Gasteiger partial charge is 0.416 e. The highest BCUT2D eigenvalue weighted by Gasteiger charge is 2.34. The summed E-state index contributed by atoms with van der Waals surface area (Å²) in [7, 11) is 0. The second kappa shape index (κ2) is 7.33. The van der Waals surface area contributed by atoms with E-state index < -0.39 is 23.8 Å². The number of benzene rings is 1. The van der Waals surface area contributed by atoms with Crippen LogP contribution in [0.25, 0.3) is 0 Å². The van der Waals surface area contributed by atoms with Gasteiger partial charge in [0.25, 0.3) is 0 Å². The smallest absolute Gasteiger partial charge is 0.339 e. The van der Waals surface area contributed by atoms with Crippen LogP contribution in [0.15, 0.2) is 24.3 Å². The quantitative estimate of drug-likeness (QED) is 0.901. The minimum absolute atomic E-state index is 0.123. The lowest BCUT2D eigenvalue weighted by Crippen LogP contribution is -2.58. The van der Waals surface area contributed by atoms with E-state index in [1.54, 1.807) is 11.8 Å². The van der Waals surface area contributed by atoms with Gasteiger partial charge in [0.1, 0.15) is 6.04 Å². The highest BCUT2D eigenvalue weighted by Crippen LogP contribution is 2.29. The molecule has 1 aromatic rings. The Labute approximate surface area is 144 Å². The van der Waals surface area contributed by atoms with Crippen LogP contribution in [-0.4, -0.2) is 47.4 Å². The fraction of sp³-hybridized carbons (Fsp3) is 0.529. The molecule has 0 spiro atoms. The maximum Gasteiger partial charge on any atom is 0.416 e. The minimum Gasteiger partial charge on any atom is -0.339 e. The van der Waals surface area contributed by atoms with Crippen molar-refractivity contribution in [1.82, 2.24) is 9.80 Å². The maximum atomic E-state index is 12.6. The summed E-state index contributed by atoms with van der Waals surface area (Å²) in [4.78, 5) is 27.9. The van der Waals surface area contributed by atoms with Gasteiger partial charge >= 0.3 is 12.2 Å². The third-order valence-electron chi connectivity index (χ3n) is 4.06. The second-order valence-corrected chi connectivity index (χ2v) is 6.55. The van der Waals surface area contributed by atoms with Gasteiger partial charge < -0.3 is 15.1 Å². The van der Waals surface area contributed by atoms with Crippen LogP contribution in [0.1, 0.15) is 26.3 Å². The van der Waals surface area contributed by atoms with Gasteiger partial charge in [-0.2, -0.15) is 13.2 Å². The lowest BCUT2D eigenvalue weighted by atomic mass is 10.1.